The molecule has 0 aliphatic carbocycles. The van der Waals surface area contributed by atoms with Crippen LogP contribution in [0.1, 0.15) is 26.4 Å². The topological polar surface area (TPSA) is 125 Å². The van der Waals surface area contributed by atoms with Crippen molar-refractivity contribution in [1.82, 2.24) is 15.6 Å². The minimum absolute atomic E-state index is 0.0128. The lowest BCUT2D eigenvalue weighted by Gasteiger charge is -2.03. The van der Waals surface area contributed by atoms with Gasteiger partial charge in [-0.25, -0.2) is 15.3 Å². The number of fused-ring (bicyclic) bond motifs is 1. The number of nitrogens with zero attached hydrogens (tertiary/aromatic N) is 2. The van der Waals surface area contributed by atoms with Gasteiger partial charge in [-0.1, -0.05) is 36.4 Å². The number of carboxylic acids is 1. The van der Waals surface area contributed by atoms with Crippen LogP contribution in [-0.2, 0) is 0 Å². The molecule has 8 heteroatoms. The van der Waals surface area contributed by atoms with Crippen LogP contribution in [0.25, 0.3) is 10.8 Å². The van der Waals surface area contributed by atoms with E-state index in [9.17, 15) is 14.4 Å². The summed E-state index contributed by atoms with van der Waals surface area (Å²) in [7, 11) is 0. The number of aromatic amines is 1. The smallest absolute Gasteiger partial charge is 0.336 e. The quantitative estimate of drug-likeness (QED) is 0.490. The van der Waals surface area contributed by atoms with Crippen molar-refractivity contribution in [3.8, 4) is 0 Å². The van der Waals surface area contributed by atoms with E-state index in [2.05, 4.69) is 20.7 Å². The predicted octanol–water partition coefficient (Wildman–Crippen LogP) is 1.39. The van der Waals surface area contributed by atoms with Gasteiger partial charge in [0.2, 0.25) is 0 Å². The third-order valence-electron chi connectivity index (χ3n) is 3.47. The van der Waals surface area contributed by atoms with Gasteiger partial charge in [0.15, 0.2) is 5.69 Å². The van der Waals surface area contributed by atoms with Crippen LogP contribution in [0.2, 0.25) is 0 Å². The molecule has 124 valence electrons. The summed E-state index contributed by atoms with van der Waals surface area (Å²) in [5.74, 6) is -1.72. The molecule has 1 aromatic heterocycles. The summed E-state index contributed by atoms with van der Waals surface area (Å²) in [6.07, 6.45) is 1.23. The second-order valence-corrected chi connectivity index (χ2v) is 5.04. The van der Waals surface area contributed by atoms with Crippen LogP contribution in [0.15, 0.2) is 58.4 Å². The van der Waals surface area contributed by atoms with Crippen molar-refractivity contribution < 1.29 is 14.7 Å². The van der Waals surface area contributed by atoms with E-state index < -0.39 is 17.4 Å². The number of benzene rings is 2. The highest BCUT2D eigenvalue weighted by molar-refractivity contribution is 6.05. The van der Waals surface area contributed by atoms with Crippen molar-refractivity contribution >= 4 is 28.9 Å². The molecule has 0 atom stereocenters. The number of hydrogen-bond donors (Lipinski definition) is 3. The van der Waals surface area contributed by atoms with E-state index in [1.165, 1.54) is 12.3 Å². The highest BCUT2D eigenvalue weighted by Crippen LogP contribution is 2.12. The molecule has 0 unspecified atom stereocenters. The Balaban J connectivity index is 1.86. The maximum Gasteiger partial charge on any atom is 0.336 e. The molecule has 3 N–H and O–H groups in total. The Kier molecular flexibility index (Phi) is 4.34. The molecule has 25 heavy (non-hydrogen) atoms. The molecule has 2 aromatic carbocycles. The summed E-state index contributed by atoms with van der Waals surface area (Å²) < 4.78 is 0. The van der Waals surface area contributed by atoms with Gasteiger partial charge in [0, 0.05) is 10.9 Å². The number of carbonyl (C=O) groups excluding carboxylic acids is 1. The Morgan fingerprint density at radius 1 is 1.08 bits per heavy atom. The number of H-pyrrole nitrogens is 1. The fourth-order valence-corrected chi connectivity index (χ4v) is 2.31. The van der Waals surface area contributed by atoms with Gasteiger partial charge in [0.05, 0.1) is 17.2 Å². The number of rotatable bonds is 4. The Bertz CT molecular complexity index is 1060. The van der Waals surface area contributed by atoms with Gasteiger partial charge in [-0.2, -0.15) is 10.2 Å². The molecule has 1 heterocycles. The summed E-state index contributed by atoms with van der Waals surface area (Å²) in [4.78, 5) is 35.1. The molecule has 0 aliphatic rings. The molecule has 3 aromatic rings. The normalized spacial score (nSPS) is 10.9. The van der Waals surface area contributed by atoms with E-state index in [1.54, 1.807) is 42.5 Å². The summed E-state index contributed by atoms with van der Waals surface area (Å²) >= 11 is 0. The second-order valence-electron chi connectivity index (χ2n) is 5.04. The molecular weight excluding hydrogens is 324 g/mol. The van der Waals surface area contributed by atoms with Gasteiger partial charge in [0.25, 0.3) is 11.5 Å². The molecule has 1 amide bonds. The molecular formula is C17H12N4O4. The Morgan fingerprint density at radius 3 is 2.52 bits per heavy atom. The Hall–Kier alpha value is -3.81. The number of hydrazone groups is 1. The zero-order valence-corrected chi connectivity index (χ0v) is 12.8. The van der Waals surface area contributed by atoms with E-state index >= 15 is 0 Å². The highest BCUT2D eigenvalue weighted by atomic mass is 16.4. The van der Waals surface area contributed by atoms with E-state index in [1.807, 2.05) is 0 Å². The summed E-state index contributed by atoms with van der Waals surface area (Å²) in [6.45, 7) is 0. The lowest BCUT2D eigenvalue weighted by Crippen LogP contribution is -2.22. The summed E-state index contributed by atoms with van der Waals surface area (Å²) in [5, 5.41) is 19.6. The first-order valence-electron chi connectivity index (χ1n) is 7.21. The van der Waals surface area contributed by atoms with Crippen molar-refractivity contribution in [2.45, 2.75) is 0 Å². The lowest BCUT2D eigenvalue weighted by atomic mass is 10.1. The molecule has 0 radical (unpaired) electrons. The number of nitrogens with one attached hydrogen (secondary N) is 2. The Labute approximate surface area is 140 Å². The van der Waals surface area contributed by atoms with Crippen molar-refractivity contribution in [2.75, 3.05) is 0 Å². The zero-order valence-electron chi connectivity index (χ0n) is 12.8. The third kappa shape index (κ3) is 3.27. The van der Waals surface area contributed by atoms with Gasteiger partial charge in [-0.15, -0.1) is 0 Å². The fourth-order valence-electron chi connectivity index (χ4n) is 2.31. The van der Waals surface area contributed by atoms with Crippen LogP contribution in [0.4, 0.5) is 0 Å². The molecule has 0 aliphatic heterocycles. The fraction of sp³-hybridized carbons (Fsp3) is 0. The van der Waals surface area contributed by atoms with Crippen LogP contribution in [0.5, 0.6) is 0 Å². The average molecular weight is 336 g/mol. The molecule has 3 rings (SSSR count). The van der Waals surface area contributed by atoms with Gasteiger partial charge < -0.3 is 5.11 Å². The van der Waals surface area contributed by atoms with Gasteiger partial charge in [-0.05, 0) is 12.1 Å². The first kappa shape index (κ1) is 16.1. The minimum atomic E-state index is -1.10. The zero-order chi connectivity index (χ0) is 17.8. The maximum atomic E-state index is 12.3. The molecule has 0 saturated carbocycles. The lowest BCUT2D eigenvalue weighted by molar-refractivity contribution is 0.0696. The van der Waals surface area contributed by atoms with Crippen molar-refractivity contribution in [3.05, 3.63) is 75.7 Å². The molecule has 0 bridgehead atoms. The van der Waals surface area contributed by atoms with Gasteiger partial charge >= 0.3 is 5.97 Å². The van der Waals surface area contributed by atoms with E-state index in [0.717, 1.165) is 0 Å². The predicted molar refractivity (Wildman–Crippen MR) is 90.8 cm³/mol. The van der Waals surface area contributed by atoms with Crippen molar-refractivity contribution in [2.24, 2.45) is 5.10 Å². The summed E-state index contributed by atoms with van der Waals surface area (Å²) in [6, 6.07) is 12.8. The van der Waals surface area contributed by atoms with E-state index in [4.69, 9.17) is 5.11 Å². The standard InChI is InChI=1S/C17H12N4O4/c22-15-13-8-4-3-7-12(13)14(19-21-15)16(23)20-18-9-10-5-1-2-6-11(10)17(24)25/h1-9H,(H,20,23)(H,21,22)(H,24,25). The van der Waals surface area contributed by atoms with Crippen molar-refractivity contribution in [3.63, 3.8) is 0 Å². The SMILES string of the molecule is O=C(O)c1ccccc1C=NNC(=O)c1n[nH]c(=O)c2ccccc12. The number of hydrogen-bond acceptors (Lipinski definition) is 5. The molecule has 0 fully saturated rings. The van der Waals surface area contributed by atoms with Crippen molar-refractivity contribution in [1.29, 1.82) is 0 Å². The van der Waals surface area contributed by atoms with Crippen LogP contribution >= 0.6 is 0 Å². The number of aromatic carboxylic acids is 1. The van der Waals surface area contributed by atoms with Crippen LogP contribution < -0.4 is 11.0 Å². The number of carbonyl (C=O) groups is 2. The van der Waals surface area contributed by atoms with Crippen LogP contribution in [0.3, 0.4) is 0 Å². The molecule has 0 spiro atoms. The maximum absolute atomic E-state index is 12.3. The average Bonchev–Trinajstić information content (AvgIpc) is 2.62. The summed E-state index contributed by atoms with van der Waals surface area (Å²) in [5.41, 5.74) is 2.30. The molecule has 0 saturated heterocycles. The number of aromatic nitrogens is 2. The number of carboxylic acid groups (broad SMARTS) is 1. The highest BCUT2D eigenvalue weighted by Gasteiger charge is 2.13. The van der Waals surface area contributed by atoms with Crippen LogP contribution in [0, 0.1) is 0 Å². The second kappa shape index (κ2) is 6.75. The molecule has 8 nitrogen and oxygen atoms in total. The third-order valence-corrected chi connectivity index (χ3v) is 3.47. The largest absolute Gasteiger partial charge is 0.478 e. The van der Waals surface area contributed by atoms with E-state index in [-0.39, 0.29) is 11.3 Å². The number of amides is 1. The van der Waals surface area contributed by atoms with Gasteiger partial charge in [0.1, 0.15) is 0 Å². The monoisotopic (exact) mass is 336 g/mol. The van der Waals surface area contributed by atoms with Gasteiger partial charge in [-0.3, -0.25) is 9.59 Å². The first-order chi connectivity index (χ1) is 12.1. The minimum Gasteiger partial charge on any atom is -0.478 e. The van der Waals surface area contributed by atoms with E-state index in [0.29, 0.717) is 16.3 Å². The first-order valence-corrected chi connectivity index (χ1v) is 7.21. The van der Waals surface area contributed by atoms with Crippen LogP contribution in [-0.4, -0.2) is 33.4 Å². The Morgan fingerprint density at radius 2 is 1.76 bits per heavy atom.